The van der Waals surface area contributed by atoms with E-state index in [-0.39, 0.29) is 6.42 Å². The molecule has 0 unspecified atom stereocenters. The third-order valence-corrected chi connectivity index (χ3v) is 7.31. The number of hydrogen-bond acceptors (Lipinski definition) is 8. The molecule has 0 N–H and O–H groups in total. The summed E-state index contributed by atoms with van der Waals surface area (Å²) >= 11 is 7.78. The van der Waals surface area contributed by atoms with Gasteiger partial charge in [0, 0.05) is 41.6 Å². The van der Waals surface area contributed by atoms with Crippen LogP contribution in [0.3, 0.4) is 0 Å². The molecule has 188 valence electrons. The number of pyridine rings is 1. The van der Waals surface area contributed by atoms with Gasteiger partial charge in [0.1, 0.15) is 5.75 Å². The number of esters is 2. The Labute approximate surface area is 220 Å². The van der Waals surface area contributed by atoms with Crippen molar-refractivity contribution in [2.75, 3.05) is 0 Å². The molecule has 1 aliphatic carbocycles. The number of para-hydroxylation sites is 1. The fourth-order valence-corrected chi connectivity index (χ4v) is 5.60. The maximum atomic E-state index is 13.1. The van der Waals surface area contributed by atoms with Crippen molar-refractivity contribution in [1.82, 2.24) is 15.0 Å². The number of benzene rings is 1. The van der Waals surface area contributed by atoms with Crippen molar-refractivity contribution in [3.8, 4) is 11.6 Å². The summed E-state index contributed by atoms with van der Waals surface area (Å²) in [7, 11) is 0. The SMILES string of the molecule is CC(=O)Oc1ccccc1C(C)(C)CC(=O)Oc1nc(SCc2c(C)cncc2Cl)nc2c1CCC2. The summed E-state index contributed by atoms with van der Waals surface area (Å²) in [5, 5.41) is 1.15. The zero-order valence-electron chi connectivity index (χ0n) is 20.8. The molecule has 0 saturated heterocycles. The van der Waals surface area contributed by atoms with Crippen LogP contribution in [0.25, 0.3) is 0 Å². The number of fused-ring (bicyclic) bond motifs is 1. The molecule has 1 aliphatic rings. The minimum absolute atomic E-state index is 0.0817. The summed E-state index contributed by atoms with van der Waals surface area (Å²) < 4.78 is 11.2. The molecule has 1 aromatic carbocycles. The summed E-state index contributed by atoms with van der Waals surface area (Å²) in [6, 6.07) is 7.23. The van der Waals surface area contributed by atoms with Gasteiger partial charge in [-0.3, -0.25) is 14.6 Å². The van der Waals surface area contributed by atoms with Crippen molar-refractivity contribution in [3.63, 3.8) is 0 Å². The first-order valence-electron chi connectivity index (χ1n) is 11.7. The van der Waals surface area contributed by atoms with E-state index < -0.39 is 17.4 Å². The quantitative estimate of drug-likeness (QED) is 0.157. The number of halogens is 1. The van der Waals surface area contributed by atoms with Crippen LogP contribution < -0.4 is 9.47 Å². The van der Waals surface area contributed by atoms with Crippen LogP contribution in [0.1, 0.15) is 61.6 Å². The molecular formula is C27H28ClN3O4S. The topological polar surface area (TPSA) is 91.3 Å². The summed E-state index contributed by atoms with van der Waals surface area (Å²) in [4.78, 5) is 38.0. The van der Waals surface area contributed by atoms with Crippen molar-refractivity contribution in [2.45, 2.75) is 69.7 Å². The fraction of sp³-hybridized carbons (Fsp3) is 0.370. The average molecular weight is 526 g/mol. The van der Waals surface area contributed by atoms with Crippen LogP contribution in [0.2, 0.25) is 5.02 Å². The van der Waals surface area contributed by atoms with Crippen molar-refractivity contribution >= 4 is 35.3 Å². The van der Waals surface area contributed by atoms with Gasteiger partial charge in [-0.1, -0.05) is 55.4 Å². The lowest BCUT2D eigenvalue weighted by Gasteiger charge is -2.26. The average Bonchev–Trinajstić information content (AvgIpc) is 3.27. The van der Waals surface area contributed by atoms with Crippen molar-refractivity contribution in [3.05, 3.63) is 69.6 Å². The second kappa shape index (κ2) is 11.0. The molecule has 0 bridgehead atoms. The van der Waals surface area contributed by atoms with Crippen LogP contribution in [0, 0.1) is 6.92 Å². The molecule has 3 aromatic rings. The van der Waals surface area contributed by atoms with Gasteiger partial charge in [0.2, 0.25) is 5.88 Å². The standard InChI is InChI=1S/C27H28ClN3O4S/c1-16-13-29-14-21(28)19(16)15-36-26-30-22-10-7-8-18(22)25(31-26)35-24(33)12-27(3,4)20-9-5-6-11-23(20)34-17(2)32/h5-6,9,11,13-14H,7-8,10,12,15H2,1-4H3. The smallest absolute Gasteiger partial charge is 0.313 e. The number of rotatable bonds is 8. The van der Waals surface area contributed by atoms with Crippen molar-refractivity contribution < 1.29 is 19.1 Å². The predicted octanol–water partition coefficient (Wildman–Crippen LogP) is 5.81. The van der Waals surface area contributed by atoms with E-state index in [0.29, 0.717) is 27.6 Å². The lowest BCUT2D eigenvalue weighted by molar-refractivity contribution is -0.136. The van der Waals surface area contributed by atoms with E-state index in [2.05, 4.69) is 9.97 Å². The molecule has 36 heavy (non-hydrogen) atoms. The van der Waals surface area contributed by atoms with E-state index in [1.807, 2.05) is 32.9 Å². The zero-order chi connectivity index (χ0) is 25.9. The maximum absolute atomic E-state index is 13.1. The van der Waals surface area contributed by atoms with Gasteiger partial charge in [-0.15, -0.1) is 0 Å². The van der Waals surface area contributed by atoms with Gasteiger partial charge in [0.15, 0.2) is 5.16 Å². The molecule has 0 fully saturated rings. The van der Waals surface area contributed by atoms with E-state index in [1.54, 1.807) is 24.5 Å². The third kappa shape index (κ3) is 6.05. The van der Waals surface area contributed by atoms with Crippen LogP contribution in [-0.2, 0) is 33.6 Å². The molecular weight excluding hydrogens is 498 g/mol. The van der Waals surface area contributed by atoms with E-state index in [4.69, 9.17) is 26.1 Å². The highest BCUT2D eigenvalue weighted by molar-refractivity contribution is 7.98. The van der Waals surface area contributed by atoms with Crippen LogP contribution >= 0.6 is 23.4 Å². The molecule has 2 heterocycles. The molecule has 2 aromatic heterocycles. The summed E-state index contributed by atoms with van der Waals surface area (Å²) in [6.07, 6.45) is 6.03. The first kappa shape index (κ1) is 26.1. The summed E-state index contributed by atoms with van der Waals surface area (Å²) in [5.74, 6) is 0.528. The Bertz CT molecular complexity index is 1290. The zero-order valence-corrected chi connectivity index (χ0v) is 22.3. The second-order valence-corrected chi connectivity index (χ2v) is 10.8. The van der Waals surface area contributed by atoms with Crippen LogP contribution in [0.4, 0.5) is 0 Å². The van der Waals surface area contributed by atoms with Crippen molar-refractivity contribution in [1.29, 1.82) is 0 Å². The van der Waals surface area contributed by atoms with Gasteiger partial charge in [0.25, 0.3) is 0 Å². The Kier molecular flexibility index (Phi) is 7.95. The highest BCUT2D eigenvalue weighted by Gasteiger charge is 2.30. The molecule has 0 spiro atoms. The molecule has 0 atom stereocenters. The lowest BCUT2D eigenvalue weighted by Crippen LogP contribution is -2.26. The molecule has 0 saturated carbocycles. The minimum Gasteiger partial charge on any atom is -0.426 e. The Balaban J connectivity index is 1.52. The Morgan fingerprint density at radius 3 is 2.64 bits per heavy atom. The highest BCUT2D eigenvalue weighted by atomic mass is 35.5. The number of nitrogens with zero attached hydrogens (tertiary/aromatic N) is 3. The van der Waals surface area contributed by atoms with Gasteiger partial charge >= 0.3 is 11.9 Å². The van der Waals surface area contributed by atoms with Crippen molar-refractivity contribution in [2.24, 2.45) is 0 Å². The Hall–Kier alpha value is -2.97. The number of ether oxygens (including phenoxy) is 2. The van der Waals surface area contributed by atoms with Crippen LogP contribution in [-0.4, -0.2) is 26.9 Å². The fourth-order valence-electron chi connectivity index (χ4n) is 4.27. The first-order valence-corrected chi connectivity index (χ1v) is 13.1. The molecule has 4 rings (SSSR count). The summed E-state index contributed by atoms with van der Waals surface area (Å²) in [5.41, 5.74) is 3.92. The number of carbonyl (C=O) groups is 2. The molecule has 0 radical (unpaired) electrons. The van der Waals surface area contributed by atoms with Gasteiger partial charge in [0.05, 0.1) is 17.1 Å². The third-order valence-electron chi connectivity index (χ3n) is 6.11. The van der Waals surface area contributed by atoms with Gasteiger partial charge in [-0.05, 0) is 43.4 Å². The number of aromatic nitrogens is 3. The van der Waals surface area contributed by atoms with Gasteiger partial charge < -0.3 is 9.47 Å². The molecule has 7 nitrogen and oxygen atoms in total. The Morgan fingerprint density at radius 2 is 1.89 bits per heavy atom. The number of carbonyl (C=O) groups excluding carboxylic acids is 2. The van der Waals surface area contributed by atoms with E-state index in [0.717, 1.165) is 47.2 Å². The summed E-state index contributed by atoms with van der Waals surface area (Å²) in [6.45, 7) is 7.16. The number of thioether (sulfide) groups is 1. The normalized spacial score (nSPS) is 12.8. The monoisotopic (exact) mass is 525 g/mol. The highest BCUT2D eigenvalue weighted by Crippen LogP contribution is 2.36. The lowest BCUT2D eigenvalue weighted by atomic mass is 9.81. The van der Waals surface area contributed by atoms with Gasteiger partial charge in [-0.2, -0.15) is 4.98 Å². The minimum atomic E-state index is -0.632. The number of hydrogen-bond donors (Lipinski definition) is 0. The second-order valence-electron chi connectivity index (χ2n) is 9.42. The first-order chi connectivity index (χ1) is 17.1. The molecule has 0 amide bonds. The Morgan fingerprint density at radius 1 is 1.11 bits per heavy atom. The predicted molar refractivity (Wildman–Crippen MR) is 139 cm³/mol. The van der Waals surface area contributed by atoms with E-state index in [9.17, 15) is 9.59 Å². The molecule has 9 heteroatoms. The van der Waals surface area contributed by atoms with Crippen LogP contribution in [0.15, 0.2) is 41.8 Å². The molecule has 0 aliphatic heterocycles. The maximum Gasteiger partial charge on any atom is 0.313 e. The van der Waals surface area contributed by atoms with Gasteiger partial charge in [-0.25, -0.2) is 4.98 Å². The van der Waals surface area contributed by atoms with E-state index >= 15 is 0 Å². The van der Waals surface area contributed by atoms with E-state index in [1.165, 1.54) is 18.7 Å². The largest absolute Gasteiger partial charge is 0.426 e. The number of aryl methyl sites for hydroxylation is 2. The van der Waals surface area contributed by atoms with Crippen LogP contribution in [0.5, 0.6) is 11.6 Å².